The molecule has 0 spiro atoms. The van der Waals surface area contributed by atoms with Crippen molar-refractivity contribution >= 4 is 33.4 Å². The number of benzene rings is 1. The van der Waals surface area contributed by atoms with E-state index in [0.29, 0.717) is 0 Å². The van der Waals surface area contributed by atoms with Gasteiger partial charge in [0.15, 0.2) is 11.6 Å². The minimum absolute atomic E-state index is 0. The van der Waals surface area contributed by atoms with Gasteiger partial charge in [-0.2, -0.15) is 0 Å². The number of allylic oxidation sites excluding steroid dienone is 4. The Labute approximate surface area is 256 Å². The van der Waals surface area contributed by atoms with Crippen LogP contribution in [0.2, 0.25) is 0 Å². The third kappa shape index (κ3) is 12.6. The molecule has 0 N–H and O–H groups in total. The Morgan fingerprint density at radius 1 is 0.561 bits per heavy atom. The molecule has 226 valence electrons. The molecule has 0 fully saturated rings. The molecule has 0 saturated carbocycles. The number of nitrogens with zero attached hydrogens (tertiary/aromatic N) is 2. The third-order valence-electron chi connectivity index (χ3n) is 5.83. The molecule has 6 nitrogen and oxygen atoms in total. The first-order valence-corrected chi connectivity index (χ1v) is 13.5. The smallest absolute Gasteiger partial charge is 0.875 e. The van der Waals surface area contributed by atoms with Crippen LogP contribution in [0.3, 0.4) is 0 Å². The molecule has 0 unspecified atom stereocenters. The van der Waals surface area contributed by atoms with Crippen LogP contribution in [0.5, 0.6) is 0 Å². The van der Waals surface area contributed by atoms with E-state index in [9.17, 15) is 19.8 Å². The van der Waals surface area contributed by atoms with Gasteiger partial charge in [0, 0.05) is 34.0 Å². The van der Waals surface area contributed by atoms with E-state index in [4.69, 9.17) is 0 Å². The second kappa shape index (κ2) is 14.7. The minimum Gasteiger partial charge on any atom is -0.875 e. The Balaban J connectivity index is 0.000000580. The van der Waals surface area contributed by atoms with Crippen molar-refractivity contribution < 1.29 is 36.3 Å². The maximum atomic E-state index is 11.4. The van der Waals surface area contributed by atoms with Crippen LogP contribution in [-0.2, 0) is 26.1 Å². The van der Waals surface area contributed by atoms with Crippen LogP contribution in [0, 0.1) is 21.7 Å². The van der Waals surface area contributed by atoms with Gasteiger partial charge < -0.3 is 10.2 Å². The molecule has 0 aliphatic rings. The average Bonchev–Trinajstić information content (AvgIpc) is 2.82. The van der Waals surface area contributed by atoms with Crippen molar-refractivity contribution in [1.29, 1.82) is 0 Å². The van der Waals surface area contributed by atoms with Gasteiger partial charge in [0.25, 0.3) is 0 Å². The molecular formula is C34H46N2NiO4. The van der Waals surface area contributed by atoms with Crippen molar-refractivity contribution in [3.63, 3.8) is 0 Å². The predicted molar refractivity (Wildman–Crippen MR) is 161 cm³/mol. The van der Waals surface area contributed by atoms with Gasteiger partial charge in [0.05, 0.1) is 11.0 Å². The van der Waals surface area contributed by atoms with E-state index >= 15 is 0 Å². The summed E-state index contributed by atoms with van der Waals surface area (Å²) < 4.78 is 0. The fraction of sp³-hybridized carbons (Fsp3) is 0.471. The van der Waals surface area contributed by atoms with Crippen LogP contribution in [-0.4, -0.2) is 21.5 Å². The zero-order valence-corrected chi connectivity index (χ0v) is 27.6. The van der Waals surface area contributed by atoms with Crippen molar-refractivity contribution in [2.75, 3.05) is 0 Å². The van der Waals surface area contributed by atoms with E-state index in [1.54, 1.807) is 12.4 Å². The second-order valence-electron chi connectivity index (χ2n) is 14.0. The number of rotatable bonds is 2. The van der Waals surface area contributed by atoms with Gasteiger partial charge in [0.1, 0.15) is 0 Å². The zero-order valence-electron chi connectivity index (χ0n) is 26.6. The van der Waals surface area contributed by atoms with Crippen molar-refractivity contribution in [2.45, 2.75) is 83.1 Å². The van der Waals surface area contributed by atoms with Gasteiger partial charge in [-0.3, -0.25) is 19.6 Å². The molecule has 41 heavy (non-hydrogen) atoms. The summed E-state index contributed by atoms with van der Waals surface area (Å²) in [6, 6.07) is 12.1. The molecule has 7 heteroatoms. The Morgan fingerprint density at radius 3 is 1.10 bits per heavy atom. The van der Waals surface area contributed by atoms with Crippen LogP contribution in [0.25, 0.3) is 21.8 Å². The molecule has 3 rings (SSSR count). The monoisotopic (exact) mass is 604 g/mol. The summed E-state index contributed by atoms with van der Waals surface area (Å²) >= 11 is 0. The number of carbonyl (C=O) groups excluding carboxylic acids is 2. The largest absolute Gasteiger partial charge is 2.00 e. The quantitative estimate of drug-likeness (QED) is 0.142. The van der Waals surface area contributed by atoms with E-state index < -0.39 is 21.7 Å². The van der Waals surface area contributed by atoms with Crippen molar-refractivity contribution in [1.82, 2.24) is 9.97 Å². The molecule has 0 atom stereocenters. The summed E-state index contributed by atoms with van der Waals surface area (Å²) in [6.07, 6.45) is 6.05. The summed E-state index contributed by atoms with van der Waals surface area (Å²) in [4.78, 5) is 31.6. The first kappa shape index (κ1) is 38.0. The maximum Gasteiger partial charge on any atom is 2.00 e. The zero-order chi connectivity index (χ0) is 31.1. The first-order chi connectivity index (χ1) is 18.0. The molecule has 0 aliphatic carbocycles. The van der Waals surface area contributed by atoms with E-state index in [0.717, 1.165) is 21.8 Å². The van der Waals surface area contributed by atoms with Crippen LogP contribution in [0.1, 0.15) is 83.1 Å². The van der Waals surface area contributed by atoms with Gasteiger partial charge in [-0.05, 0) is 35.1 Å². The summed E-state index contributed by atoms with van der Waals surface area (Å²) in [6.45, 7) is 21.7. The minimum atomic E-state index is -0.457. The van der Waals surface area contributed by atoms with Crippen LogP contribution < -0.4 is 10.2 Å². The first-order valence-electron chi connectivity index (χ1n) is 13.5. The summed E-state index contributed by atoms with van der Waals surface area (Å²) in [5, 5.41) is 25.2. The predicted octanol–water partition coefficient (Wildman–Crippen LogP) is 6.56. The van der Waals surface area contributed by atoms with E-state index in [-0.39, 0.29) is 39.6 Å². The van der Waals surface area contributed by atoms with Crippen molar-refractivity contribution in [2.24, 2.45) is 21.7 Å². The Morgan fingerprint density at radius 2 is 0.854 bits per heavy atom. The van der Waals surface area contributed by atoms with Gasteiger partial charge >= 0.3 is 16.5 Å². The summed E-state index contributed by atoms with van der Waals surface area (Å²) in [5.41, 5.74) is 0.125. The molecule has 0 radical (unpaired) electrons. The molecule has 0 bridgehead atoms. The van der Waals surface area contributed by atoms with Gasteiger partial charge in [-0.1, -0.05) is 107 Å². The average molecular weight is 605 g/mol. The van der Waals surface area contributed by atoms with Crippen LogP contribution in [0.4, 0.5) is 0 Å². The molecule has 1 aromatic carbocycles. The number of hydrogen-bond donors (Lipinski definition) is 0. The molecule has 2 heterocycles. The Kier molecular flexibility index (Phi) is 13.6. The number of aromatic nitrogens is 2. The number of fused-ring (bicyclic) bond motifs is 3. The van der Waals surface area contributed by atoms with Crippen LogP contribution in [0.15, 0.2) is 72.5 Å². The molecule has 0 amide bonds. The summed E-state index contributed by atoms with van der Waals surface area (Å²) in [7, 11) is 0. The SMILES string of the molecule is CC(C)(C)C(=O)/C=C(\[O-])C(C)(C)C.CC(C)(C)C(=O)/C=C(\[O-])C(C)(C)C.[Ni+2].c1cnc2c(c1)ccc1cccnc12. The number of ketones is 2. The van der Waals surface area contributed by atoms with Crippen molar-refractivity contribution in [3.8, 4) is 0 Å². The number of carbonyl (C=O) groups is 2. The Bertz CT molecular complexity index is 1270. The molecule has 3 aromatic rings. The van der Waals surface area contributed by atoms with E-state index in [1.165, 1.54) is 12.2 Å². The van der Waals surface area contributed by atoms with E-state index in [1.807, 2.05) is 95.2 Å². The topological polar surface area (TPSA) is 106 Å². The third-order valence-corrected chi connectivity index (χ3v) is 5.83. The summed E-state index contributed by atoms with van der Waals surface area (Å²) in [5.74, 6) is -0.417. The van der Waals surface area contributed by atoms with E-state index in [2.05, 4.69) is 34.2 Å². The fourth-order valence-electron chi connectivity index (χ4n) is 2.78. The second-order valence-corrected chi connectivity index (χ2v) is 14.0. The van der Waals surface area contributed by atoms with Gasteiger partial charge in [-0.15, -0.1) is 11.5 Å². The van der Waals surface area contributed by atoms with Gasteiger partial charge in [-0.25, -0.2) is 0 Å². The number of pyridine rings is 2. The molecule has 2 aromatic heterocycles. The molecular weight excluding hydrogens is 559 g/mol. The number of hydrogen-bond acceptors (Lipinski definition) is 6. The normalized spacial score (nSPS) is 12.9. The Hall–Kier alpha value is -3.05. The standard InChI is InChI=1S/C12H8N2.2C11H20O2.Ni/c1-3-9-5-6-10-4-2-8-14-12(10)11(9)13-7-1;2*1-10(2,3)8(12)7-9(13)11(4,5)6;/h1-8H;2*7,12H,1-6H3;/q;;;+2/p-2/b;2*8-7-;. The van der Waals surface area contributed by atoms with Crippen molar-refractivity contribution in [3.05, 3.63) is 72.5 Å². The van der Waals surface area contributed by atoms with Crippen LogP contribution >= 0.6 is 0 Å². The maximum absolute atomic E-state index is 11.4. The van der Waals surface area contributed by atoms with Gasteiger partial charge in [0.2, 0.25) is 0 Å². The fourth-order valence-corrected chi connectivity index (χ4v) is 2.78. The molecule has 0 aliphatic heterocycles. The molecule has 0 saturated heterocycles.